The predicted molar refractivity (Wildman–Crippen MR) is 77.2 cm³/mol. The largest absolute Gasteiger partial charge is 0.472 e. The first-order valence-electron chi connectivity index (χ1n) is 7.62. The summed E-state index contributed by atoms with van der Waals surface area (Å²) in [6, 6.07) is 2.44. The fourth-order valence-corrected chi connectivity index (χ4v) is 3.38. The number of nitrogens with one attached hydrogen (secondary N) is 1. The Morgan fingerprint density at radius 2 is 2.16 bits per heavy atom. The van der Waals surface area contributed by atoms with Crippen molar-refractivity contribution in [3.63, 3.8) is 0 Å². The third-order valence-electron chi connectivity index (χ3n) is 4.29. The average molecular weight is 265 g/mol. The molecule has 0 spiro atoms. The third-order valence-corrected chi connectivity index (χ3v) is 4.29. The van der Waals surface area contributed by atoms with Crippen LogP contribution in [0.4, 0.5) is 0 Å². The smallest absolute Gasteiger partial charge is 0.0935 e. The molecule has 1 aromatic rings. The minimum absolute atomic E-state index is 0.315. The first-order chi connectivity index (χ1) is 9.35. The molecule has 1 saturated carbocycles. The second-order valence-electron chi connectivity index (χ2n) is 5.60. The molecule has 1 aliphatic carbocycles. The molecule has 1 fully saturated rings. The predicted octanol–water partition coefficient (Wildman–Crippen LogP) is 3.40. The molecule has 1 aliphatic rings. The fourth-order valence-electron chi connectivity index (χ4n) is 3.38. The zero-order valence-corrected chi connectivity index (χ0v) is 12.2. The van der Waals surface area contributed by atoms with Gasteiger partial charge >= 0.3 is 0 Å². The van der Waals surface area contributed by atoms with Crippen LogP contribution in [0.3, 0.4) is 0 Å². The summed E-state index contributed by atoms with van der Waals surface area (Å²) < 4.78 is 11.0. The molecule has 2 atom stereocenters. The van der Waals surface area contributed by atoms with E-state index in [4.69, 9.17) is 9.15 Å². The fraction of sp³-hybridized carbons (Fsp3) is 0.750. The summed E-state index contributed by atoms with van der Waals surface area (Å²) in [6.45, 7) is 3.14. The van der Waals surface area contributed by atoms with Crippen LogP contribution in [0, 0.1) is 5.92 Å². The lowest BCUT2D eigenvalue weighted by Gasteiger charge is -2.35. The Hall–Kier alpha value is -0.800. The van der Waals surface area contributed by atoms with E-state index in [1.165, 1.54) is 37.7 Å². The summed E-state index contributed by atoms with van der Waals surface area (Å²) in [7, 11) is 1.86. The van der Waals surface area contributed by atoms with Crippen LogP contribution in [0.15, 0.2) is 23.0 Å². The zero-order valence-electron chi connectivity index (χ0n) is 12.2. The van der Waals surface area contributed by atoms with E-state index >= 15 is 0 Å². The van der Waals surface area contributed by atoms with Gasteiger partial charge in [0.25, 0.3) is 0 Å². The van der Waals surface area contributed by atoms with Crippen LogP contribution in [0.5, 0.6) is 0 Å². The highest BCUT2D eigenvalue weighted by Crippen LogP contribution is 2.30. The molecule has 1 N–H and O–H groups in total. The van der Waals surface area contributed by atoms with E-state index in [0.29, 0.717) is 18.1 Å². The lowest BCUT2D eigenvalue weighted by molar-refractivity contribution is 0.00866. The summed E-state index contributed by atoms with van der Waals surface area (Å²) >= 11 is 0. The van der Waals surface area contributed by atoms with Gasteiger partial charge in [-0.15, -0.1) is 0 Å². The Morgan fingerprint density at radius 1 is 1.37 bits per heavy atom. The normalized spacial score (nSPS) is 20.3. The number of methoxy groups -OCH3 is 1. The van der Waals surface area contributed by atoms with E-state index in [1.807, 2.05) is 13.4 Å². The number of hydrogen-bond acceptors (Lipinski definition) is 3. The summed E-state index contributed by atoms with van der Waals surface area (Å²) in [6.07, 6.45) is 11.6. The highest BCUT2D eigenvalue weighted by atomic mass is 16.5. The second-order valence-corrected chi connectivity index (χ2v) is 5.60. The Balaban J connectivity index is 2.01. The third kappa shape index (κ3) is 4.08. The molecule has 1 aromatic heterocycles. The van der Waals surface area contributed by atoms with Gasteiger partial charge in [-0.2, -0.15) is 0 Å². The first-order valence-corrected chi connectivity index (χ1v) is 7.62. The number of furan rings is 1. The molecular weight excluding hydrogens is 238 g/mol. The van der Waals surface area contributed by atoms with Gasteiger partial charge < -0.3 is 14.5 Å². The molecule has 0 aromatic carbocycles. The SMILES string of the molecule is CCNC(Cc1ccoc1)C(OC)C1CCCCC1. The van der Waals surface area contributed by atoms with Crippen LogP contribution >= 0.6 is 0 Å². The maximum Gasteiger partial charge on any atom is 0.0935 e. The molecule has 0 bridgehead atoms. The topological polar surface area (TPSA) is 34.4 Å². The molecule has 3 nitrogen and oxygen atoms in total. The summed E-state index contributed by atoms with van der Waals surface area (Å²) in [5, 5.41) is 3.60. The van der Waals surface area contributed by atoms with Crippen molar-refractivity contribution < 1.29 is 9.15 Å². The summed E-state index contributed by atoms with van der Waals surface area (Å²) in [4.78, 5) is 0. The van der Waals surface area contributed by atoms with Crippen LogP contribution in [0.2, 0.25) is 0 Å². The summed E-state index contributed by atoms with van der Waals surface area (Å²) in [5.74, 6) is 0.703. The van der Waals surface area contributed by atoms with Crippen molar-refractivity contribution in [3.8, 4) is 0 Å². The lowest BCUT2D eigenvalue weighted by atomic mass is 9.81. The molecule has 1 heterocycles. The van der Waals surface area contributed by atoms with Crippen molar-refractivity contribution in [2.75, 3.05) is 13.7 Å². The van der Waals surface area contributed by atoms with E-state index in [9.17, 15) is 0 Å². The van der Waals surface area contributed by atoms with E-state index in [1.54, 1.807) is 6.26 Å². The van der Waals surface area contributed by atoms with Crippen molar-refractivity contribution in [2.24, 2.45) is 5.92 Å². The Bertz CT molecular complexity index is 331. The van der Waals surface area contributed by atoms with Crippen LogP contribution in [-0.2, 0) is 11.2 Å². The van der Waals surface area contributed by atoms with Gasteiger partial charge in [0.1, 0.15) is 0 Å². The van der Waals surface area contributed by atoms with Gasteiger partial charge in [0, 0.05) is 13.2 Å². The Morgan fingerprint density at radius 3 is 2.74 bits per heavy atom. The number of rotatable bonds is 7. The molecule has 19 heavy (non-hydrogen) atoms. The maximum atomic E-state index is 5.86. The van der Waals surface area contributed by atoms with E-state index in [-0.39, 0.29) is 0 Å². The van der Waals surface area contributed by atoms with Crippen LogP contribution in [0.1, 0.15) is 44.6 Å². The monoisotopic (exact) mass is 265 g/mol. The number of likely N-dealkylation sites (N-methyl/N-ethyl adjacent to an activating group) is 1. The van der Waals surface area contributed by atoms with Crippen molar-refractivity contribution in [2.45, 2.75) is 57.6 Å². The van der Waals surface area contributed by atoms with Crippen molar-refractivity contribution >= 4 is 0 Å². The molecule has 0 saturated heterocycles. The minimum Gasteiger partial charge on any atom is -0.472 e. The second kappa shape index (κ2) is 7.71. The van der Waals surface area contributed by atoms with Gasteiger partial charge in [-0.25, -0.2) is 0 Å². The van der Waals surface area contributed by atoms with Gasteiger partial charge in [-0.3, -0.25) is 0 Å². The van der Waals surface area contributed by atoms with Crippen molar-refractivity contribution in [3.05, 3.63) is 24.2 Å². The highest BCUT2D eigenvalue weighted by molar-refractivity contribution is 5.08. The van der Waals surface area contributed by atoms with E-state index < -0.39 is 0 Å². The Kier molecular flexibility index (Phi) is 5.93. The molecule has 2 rings (SSSR count). The number of hydrogen-bond donors (Lipinski definition) is 1. The van der Waals surface area contributed by atoms with Gasteiger partial charge in [0.15, 0.2) is 0 Å². The van der Waals surface area contributed by atoms with Crippen LogP contribution in [0.25, 0.3) is 0 Å². The van der Waals surface area contributed by atoms with E-state index in [2.05, 4.69) is 18.3 Å². The van der Waals surface area contributed by atoms with Gasteiger partial charge in [0.2, 0.25) is 0 Å². The Labute approximate surface area is 116 Å². The van der Waals surface area contributed by atoms with Crippen molar-refractivity contribution in [1.82, 2.24) is 5.32 Å². The first kappa shape index (κ1) is 14.6. The molecule has 0 aliphatic heterocycles. The number of ether oxygens (including phenoxy) is 1. The minimum atomic E-state index is 0.315. The average Bonchev–Trinajstić information content (AvgIpc) is 2.94. The van der Waals surface area contributed by atoms with Crippen molar-refractivity contribution in [1.29, 1.82) is 0 Å². The molecular formula is C16H27NO2. The van der Waals surface area contributed by atoms with E-state index in [0.717, 1.165) is 13.0 Å². The van der Waals surface area contributed by atoms with Gasteiger partial charge in [-0.1, -0.05) is 26.2 Å². The highest BCUT2D eigenvalue weighted by Gasteiger charge is 2.30. The zero-order chi connectivity index (χ0) is 13.5. The molecule has 3 heteroatoms. The summed E-state index contributed by atoms with van der Waals surface area (Å²) in [5.41, 5.74) is 1.25. The molecule has 2 unspecified atom stereocenters. The van der Waals surface area contributed by atoms with Gasteiger partial charge in [0.05, 0.1) is 18.6 Å². The maximum absolute atomic E-state index is 5.86. The van der Waals surface area contributed by atoms with Crippen LogP contribution in [-0.4, -0.2) is 25.8 Å². The standard InChI is InChI=1S/C16H27NO2/c1-3-17-15(11-13-9-10-19-12-13)16(18-2)14-7-5-4-6-8-14/h9-10,12,14-17H,3-8,11H2,1-2H3. The molecule has 108 valence electrons. The lowest BCUT2D eigenvalue weighted by Crippen LogP contribution is -2.46. The molecule has 0 radical (unpaired) electrons. The molecule has 0 amide bonds. The van der Waals surface area contributed by atoms with Crippen LogP contribution < -0.4 is 5.32 Å². The van der Waals surface area contributed by atoms with Gasteiger partial charge in [-0.05, 0) is 43.4 Å². The quantitative estimate of drug-likeness (QED) is 0.820.